The van der Waals surface area contributed by atoms with Gasteiger partial charge in [-0.05, 0) is 44.8 Å². The molecule has 2 aliphatic heterocycles. The fourth-order valence-corrected chi connectivity index (χ4v) is 3.92. The highest BCUT2D eigenvalue weighted by molar-refractivity contribution is 7.89. The second-order valence-electron chi connectivity index (χ2n) is 6.00. The molecule has 2 fully saturated rings. The number of sulfonamides is 1. The normalized spacial score (nSPS) is 26.4. The van der Waals surface area contributed by atoms with Crippen LogP contribution in [-0.2, 0) is 14.8 Å². The van der Waals surface area contributed by atoms with Gasteiger partial charge in [-0.2, -0.15) is 0 Å². The van der Waals surface area contributed by atoms with E-state index in [0.717, 1.165) is 32.5 Å². The van der Waals surface area contributed by atoms with Gasteiger partial charge in [-0.15, -0.1) is 0 Å². The third-order valence-corrected chi connectivity index (χ3v) is 5.61. The Balaban J connectivity index is 1.82. The molecule has 0 aromatic carbocycles. The van der Waals surface area contributed by atoms with E-state index < -0.39 is 15.3 Å². The number of likely N-dealkylation sites (tertiary alicyclic amines) is 2. The lowest BCUT2D eigenvalue weighted by atomic mass is 9.96. The Hall–Kier alpha value is -0.660. The van der Waals surface area contributed by atoms with Crippen molar-refractivity contribution in [1.82, 2.24) is 9.80 Å². The van der Waals surface area contributed by atoms with Crippen molar-refractivity contribution in [2.45, 2.75) is 37.9 Å². The zero-order chi connectivity index (χ0) is 14.8. The van der Waals surface area contributed by atoms with Crippen LogP contribution in [0.1, 0.15) is 32.6 Å². The summed E-state index contributed by atoms with van der Waals surface area (Å²) in [6, 6.07) is 0. The zero-order valence-corrected chi connectivity index (χ0v) is 12.9. The number of hydrogen-bond donors (Lipinski definition) is 1. The molecular formula is C13H25N3O3S. The van der Waals surface area contributed by atoms with E-state index in [9.17, 15) is 13.2 Å². The molecule has 0 aliphatic carbocycles. The van der Waals surface area contributed by atoms with Gasteiger partial charge in [0.25, 0.3) is 0 Å². The lowest BCUT2D eigenvalue weighted by molar-refractivity contribution is -0.128. The van der Waals surface area contributed by atoms with Crippen molar-refractivity contribution in [1.29, 1.82) is 0 Å². The summed E-state index contributed by atoms with van der Waals surface area (Å²) in [5.74, 6) is 0.422. The van der Waals surface area contributed by atoms with E-state index in [2.05, 4.69) is 11.8 Å². The molecule has 6 nitrogen and oxygen atoms in total. The van der Waals surface area contributed by atoms with E-state index in [-0.39, 0.29) is 18.9 Å². The first-order valence-corrected chi connectivity index (χ1v) is 9.02. The van der Waals surface area contributed by atoms with Crippen LogP contribution < -0.4 is 5.14 Å². The molecule has 2 saturated heterocycles. The number of hydrogen-bond acceptors (Lipinski definition) is 4. The van der Waals surface area contributed by atoms with E-state index in [1.54, 1.807) is 4.90 Å². The predicted molar refractivity (Wildman–Crippen MR) is 77.5 cm³/mol. The highest BCUT2D eigenvalue weighted by Gasteiger charge is 2.37. The molecule has 1 amide bonds. The van der Waals surface area contributed by atoms with Crippen molar-refractivity contribution < 1.29 is 13.2 Å². The summed E-state index contributed by atoms with van der Waals surface area (Å²) in [6.07, 6.45) is 3.40. The summed E-state index contributed by atoms with van der Waals surface area (Å²) in [5.41, 5.74) is 0. The second kappa shape index (κ2) is 6.41. The Morgan fingerprint density at radius 3 is 2.45 bits per heavy atom. The number of piperidine rings is 1. The molecule has 0 saturated carbocycles. The van der Waals surface area contributed by atoms with Gasteiger partial charge in [0, 0.05) is 19.5 Å². The molecule has 0 bridgehead atoms. The molecular weight excluding hydrogens is 278 g/mol. The first kappa shape index (κ1) is 15.7. The summed E-state index contributed by atoms with van der Waals surface area (Å²) >= 11 is 0. The number of rotatable bonds is 5. The Labute approximate surface area is 121 Å². The number of nitrogens with two attached hydrogens (primary N) is 1. The maximum Gasteiger partial charge on any atom is 0.224 e. The molecule has 116 valence electrons. The van der Waals surface area contributed by atoms with Crippen LogP contribution in [0.4, 0.5) is 0 Å². The third-order valence-electron chi connectivity index (χ3n) is 4.37. The van der Waals surface area contributed by atoms with Gasteiger partial charge in [0.15, 0.2) is 0 Å². The number of primary sulfonamides is 1. The van der Waals surface area contributed by atoms with Crippen molar-refractivity contribution in [3.8, 4) is 0 Å². The lowest BCUT2D eigenvalue weighted by Crippen LogP contribution is -2.40. The Morgan fingerprint density at radius 2 is 1.95 bits per heavy atom. The molecule has 2 aliphatic rings. The van der Waals surface area contributed by atoms with Crippen LogP contribution in [0.5, 0.6) is 0 Å². The van der Waals surface area contributed by atoms with Gasteiger partial charge in [0.2, 0.25) is 15.9 Å². The first-order valence-electron chi connectivity index (χ1n) is 7.42. The quantitative estimate of drug-likeness (QED) is 0.775. The van der Waals surface area contributed by atoms with Gasteiger partial charge in [-0.1, -0.05) is 6.92 Å². The molecule has 0 spiro atoms. The van der Waals surface area contributed by atoms with Crippen molar-refractivity contribution in [3.05, 3.63) is 0 Å². The maximum atomic E-state index is 11.9. The minimum atomic E-state index is -3.60. The SMILES string of the molecule is CCCN1CCC(CN2CC(S(N)(=O)=O)CC2=O)CC1. The highest BCUT2D eigenvalue weighted by Crippen LogP contribution is 2.23. The monoisotopic (exact) mass is 303 g/mol. The van der Waals surface area contributed by atoms with E-state index in [1.807, 2.05) is 0 Å². The van der Waals surface area contributed by atoms with Crippen LogP contribution in [0, 0.1) is 5.92 Å². The Bertz CT molecular complexity index is 444. The van der Waals surface area contributed by atoms with Crippen LogP contribution in [0.3, 0.4) is 0 Å². The number of nitrogens with zero attached hydrogens (tertiary/aromatic N) is 2. The summed E-state index contributed by atoms with van der Waals surface area (Å²) < 4.78 is 22.6. The van der Waals surface area contributed by atoms with Gasteiger partial charge in [0.1, 0.15) is 5.25 Å². The van der Waals surface area contributed by atoms with E-state index in [1.165, 1.54) is 6.42 Å². The molecule has 1 atom stereocenters. The average Bonchev–Trinajstić information content (AvgIpc) is 2.74. The van der Waals surface area contributed by atoms with Crippen molar-refractivity contribution >= 4 is 15.9 Å². The summed E-state index contributed by atoms with van der Waals surface area (Å²) in [6.45, 7) is 6.45. The minimum absolute atomic E-state index is 0.0491. The van der Waals surface area contributed by atoms with Crippen molar-refractivity contribution in [2.24, 2.45) is 11.1 Å². The molecule has 2 heterocycles. The second-order valence-corrected chi connectivity index (χ2v) is 7.84. The van der Waals surface area contributed by atoms with Gasteiger partial charge in [-0.3, -0.25) is 4.79 Å². The standard InChI is InChI=1S/C13H25N3O3S/c1-2-5-15-6-3-11(4-7-15)9-16-10-12(8-13(16)17)20(14,18)19/h11-12H,2-10H2,1H3,(H2,14,18,19). The molecule has 2 N–H and O–H groups in total. The number of carbonyl (C=O) groups excluding carboxylic acids is 1. The molecule has 1 unspecified atom stereocenters. The van der Waals surface area contributed by atoms with Crippen LogP contribution in [0.25, 0.3) is 0 Å². The van der Waals surface area contributed by atoms with Crippen LogP contribution in [0.15, 0.2) is 0 Å². The summed E-state index contributed by atoms with van der Waals surface area (Å²) in [5, 5.41) is 4.42. The number of amides is 1. The van der Waals surface area contributed by atoms with Gasteiger partial charge < -0.3 is 9.80 Å². The molecule has 7 heteroatoms. The summed E-state index contributed by atoms with van der Waals surface area (Å²) in [7, 11) is -3.60. The van der Waals surface area contributed by atoms with Gasteiger partial charge >= 0.3 is 0 Å². The smallest absolute Gasteiger partial charge is 0.224 e. The van der Waals surface area contributed by atoms with Gasteiger partial charge in [0.05, 0.1) is 0 Å². The van der Waals surface area contributed by atoms with Crippen LogP contribution >= 0.6 is 0 Å². The Kier molecular flexibility index (Phi) is 5.04. The third kappa shape index (κ3) is 3.93. The fraction of sp³-hybridized carbons (Fsp3) is 0.923. The fourth-order valence-electron chi connectivity index (χ4n) is 3.15. The Morgan fingerprint density at radius 1 is 1.30 bits per heavy atom. The maximum absolute atomic E-state index is 11.9. The molecule has 0 aromatic rings. The largest absolute Gasteiger partial charge is 0.341 e. The van der Waals surface area contributed by atoms with Crippen molar-refractivity contribution in [3.63, 3.8) is 0 Å². The first-order chi connectivity index (χ1) is 9.40. The van der Waals surface area contributed by atoms with E-state index in [0.29, 0.717) is 12.5 Å². The molecule has 20 heavy (non-hydrogen) atoms. The van der Waals surface area contributed by atoms with Crippen molar-refractivity contribution in [2.75, 3.05) is 32.7 Å². The minimum Gasteiger partial charge on any atom is -0.341 e. The average molecular weight is 303 g/mol. The number of carbonyl (C=O) groups is 1. The van der Waals surface area contributed by atoms with Gasteiger partial charge in [-0.25, -0.2) is 13.6 Å². The zero-order valence-electron chi connectivity index (χ0n) is 12.1. The highest BCUT2D eigenvalue weighted by atomic mass is 32.2. The molecule has 2 rings (SSSR count). The molecule has 0 aromatic heterocycles. The molecule has 0 radical (unpaired) electrons. The predicted octanol–water partition coefficient (Wildman–Crippen LogP) is -0.00220. The van der Waals surface area contributed by atoms with E-state index >= 15 is 0 Å². The topological polar surface area (TPSA) is 83.7 Å². The summed E-state index contributed by atoms with van der Waals surface area (Å²) in [4.78, 5) is 16.0. The van der Waals surface area contributed by atoms with Crippen LogP contribution in [0.2, 0.25) is 0 Å². The van der Waals surface area contributed by atoms with E-state index in [4.69, 9.17) is 5.14 Å². The lowest BCUT2D eigenvalue weighted by Gasteiger charge is -2.33. The van der Waals surface area contributed by atoms with Crippen LogP contribution in [-0.4, -0.2) is 62.1 Å².